The SMILES string of the molecule is Cc1cccc(CNC(=O)c2cc3c(Cl)cccc3n2C)c1. The van der Waals surface area contributed by atoms with Gasteiger partial charge in [-0.05, 0) is 30.7 Å². The number of carbonyl (C=O) groups excluding carboxylic acids is 1. The van der Waals surface area contributed by atoms with Gasteiger partial charge in [0.25, 0.3) is 5.91 Å². The van der Waals surface area contributed by atoms with Crippen molar-refractivity contribution in [2.75, 3.05) is 0 Å². The molecule has 112 valence electrons. The first kappa shape index (κ1) is 14.7. The highest BCUT2D eigenvalue weighted by Gasteiger charge is 2.14. The number of nitrogens with zero attached hydrogens (tertiary/aromatic N) is 1. The fourth-order valence-corrected chi connectivity index (χ4v) is 2.86. The van der Waals surface area contributed by atoms with Gasteiger partial charge >= 0.3 is 0 Å². The Kier molecular flexibility index (Phi) is 3.90. The highest BCUT2D eigenvalue weighted by molar-refractivity contribution is 6.35. The first-order valence-electron chi connectivity index (χ1n) is 7.14. The number of fused-ring (bicyclic) bond motifs is 1. The molecule has 0 radical (unpaired) electrons. The fourth-order valence-electron chi connectivity index (χ4n) is 2.64. The number of nitrogens with one attached hydrogen (secondary N) is 1. The first-order chi connectivity index (χ1) is 10.6. The lowest BCUT2D eigenvalue weighted by Crippen LogP contribution is -2.24. The van der Waals surface area contributed by atoms with E-state index in [0.29, 0.717) is 17.3 Å². The summed E-state index contributed by atoms with van der Waals surface area (Å²) in [4.78, 5) is 12.4. The van der Waals surface area contributed by atoms with E-state index in [2.05, 4.69) is 11.4 Å². The standard InChI is InChI=1S/C18H17ClN2O/c1-12-5-3-6-13(9-12)11-20-18(22)17-10-14-15(19)7-4-8-16(14)21(17)2/h3-10H,11H2,1-2H3,(H,20,22). The molecule has 1 amide bonds. The largest absolute Gasteiger partial charge is 0.347 e. The number of benzene rings is 2. The second kappa shape index (κ2) is 5.85. The van der Waals surface area contributed by atoms with Gasteiger partial charge in [-0.3, -0.25) is 4.79 Å². The Morgan fingerprint density at radius 3 is 2.68 bits per heavy atom. The van der Waals surface area contributed by atoms with E-state index in [4.69, 9.17) is 11.6 Å². The van der Waals surface area contributed by atoms with Crippen LogP contribution < -0.4 is 5.32 Å². The Bertz CT molecular complexity index is 851. The van der Waals surface area contributed by atoms with Crippen LogP contribution in [0.4, 0.5) is 0 Å². The van der Waals surface area contributed by atoms with Crippen molar-refractivity contribution in [3.8, 4) is 0 Å². The number of hydrogen-bond donors (Lipinski definition) is 1. The molecular weight excluding hydrogens is 296 g/mol. The molecule has 0 fully saturated rings. The molecule has 0 atom stereocenters. The zero-order valence-corrected chi connectivity index (χ0v) is 13.3. The van der Waals surface area contributed by atoms with Crippen LogP contribution in [0.2, 0.25) is 5.02 Å². The third-order valence-corrected chi connectivity index (χ3v) is 4.13. The molecule has 0 aliphatic carbocycles. The number of hydrogen-bond acceptors (Lipinski definition) is 1. The summed E-state index contributed by atoms with van der Waals surface area (Å²) in [6, 6.07) is 15.6. The first-order valence-corrected chi connectivity index (χ1v) is 7.52. The number of carbonyl (C=O) groups is 1. The smallest absolute Gasteiger partial charge is 0.268 e. The van der Waals surface area contributed by atoms with Crippen LogP contribution in [0.15, 0.2) is 48.5 Å². The van der Waals surface area contributed by atoms with E-state index in [-0.39, 0.29) is 5.91 Å². The predicted molar refractivity (Wildman–Crippen MR) is 90.3 cm³/mol. The molecule has 0 saturated heterocycles. The number of halogens is 1. The maximum absolute atomic E-state index is 12.4. The highest BCUT2D eigenvalue weighted by Crippen LogP contribution is 2.26. The van der Waals surface area contributed by atoms with Crippen molar-refractivity contribution in [1.29, 1.82) is 0 Å². The van der Waals surface area contributed by atoms with Gasteiger partial charge in [-0.15, -0.1) is 0 Å². The van der Waals surface area contributed by atoms with E-state index in [1.165, 1.54) is 5.56 Å². The normalized spacial score (nSPS) is 10.9. The van der Waals surface area contributed by atoms with E-state index in [1.54, 1.807) is 0 Å². The fraction of sp³-hybridized carbons (Fsp3) is 0.167. The molecule has 0 saturated carbocycles. The molecule has 1 N–H and O–H groups in total. The summed E-state index contributed by atoms with van der Waals surface area (Å²) >= 11 is 6.19. The zero-order chi connectivity index (χ0) is 15.7. The van der Waals surface area contributed by atoms with E-state index in [0.717, 1.165) is 16.5 Å². The molecule has 22 heavy (non-hydrogen) atoms. The van der Waals surface area contributed by atoms with Crippen LogP contribution in [0, 0.1) is 6.92 Å². The van der Waals surface area contributed by atoms with Gasteiger partial charge < -0.3 is 9.88 Å². The van der Waals surface area contributed by atoms with Crippen molar-refractivity contribution in [3.05, 3.63) is 70.4 Å². The lowest BCUT2D eigenvalue weighted by molar-refractivity contribution is 0.0943. The predicted octanol–water partition coefficient (Wildman–Crippen LogP) is 4.07. The van der Waals surface area contributed by atoms with Crippen molar-refractivity contribution < 1.29 is 4.79 Å². The van der Waals surface area contributed by atoms with Gasteiger partial charge in [-0.25, -0.2) is 0 Å². The maximum atomic E-state index is 12.4. The van der Waals surface area contributed by atoms with Gasteiger partial charge in [-0.2, -0.15) is 0 Å². The molecule has 0 aliphatic rings. The number of aryl methyl sites for hydroxylation is 2. The average molecular weight is 313 g/mol. The maximum Gasteiger partial charge on any atom is 0.268 e. The Labute approximate surface area is 134 Å². The summed E-state index contributed by atoms with van der Waals surface area (Å²) in [6.45, 7) is 2.55. The van der Waals surface area contributed by atoms with Crippen LogP contribution in [0.3, 0.4) is 0 Å². The van der Waals surface area contributed by atoms with Gasteiger partial charge in [0.15, 0.2) is 0 Å². The third-order valence-electron chi connectivity index (χ3n) is 3.80. The summed E-state index contributed by atoms with van der Waals surface area (Å²) in [5.74, 6) is -0.101. The van der Waals surface area contributed by atoms with Crippen molar-refractivity contribution in [1.82, 2.24) is 9.88 Å². The Morgan fingerprint density at radius 2 is 1.95 bits per heavy atom. The summed E-state index contributed by atoms with van der Waals surface area (Å²) in [7, 11) is 1.88. The van der Waals surface area contributed by atoms with Crippen molar-refractivity contribution in [2.24, 2.45) is 7.05 Å². The van der Waals surface area contributed by atoms with Crippen molar-refractivity contribution in [3.63, 3.8) is 0 Å². The van der Waals surface area contributed by atoms with Gasteiger partial charge in [0.05, 0.1) is 0 Å². The topological polar surface area (TPSA) is 34.0 Å². The molecular formula is C18H17ClN2O. The molecule has 4 heteroatoms. The van der Waals surface area contributed by atoms with Crippen LogP contribution in [-0.2, 0) is 13.6 Å². The summed E-state index contributed by atoms with van der Waals surface area (Å²) in [5.41, 5.74) is 3.83. The lowest BCUT2D eigenvalue weighted by Gasteiger charge is -2.07. The van der Waals surface area contributed by atoms with Crippen LogP contribution >= 0.6 is 11.6 Å². The van der Waals surface area contributed by atoms with Gasteiger partial charge in [0.1, 0.15) is 5.69 Å². The molecule has 2 aromatic carbocycles. The minimum atomic E-state index is -0.101. The monoisotopic (exact) mass is 312 g/mol. The molecule has 3 nitrogen and oxygen atoms in total. The summed E-state index contributed by atoms with van der Waals surface area (Å²) < 4.78 is 1.87. The van der Waals surface area contributed by atoms with E-state index in [1.807, 2.05) is 61.0 Å². The second-order valence-electron chi connectivity index (χ2n) is 5.43. The molecule has 0 bridgehead atoms. The molecule has 3 aromatic rings. The van der Waals surface area contributed by atoms with E-state index >= 15 is 0 Å². The van der Waals surface area contributed by atoms with E-state index < -0.39 is 0 Å². The van der Waals surface area contributed by atoms with Crippen LogP contribution in [-0.4, -0.2) is 10.5 Å². The molecule has 3 rings (SSSR count). The summed E-state index contributed by atoms with van der Waals surface area (Å²) in [5, 5.41) is 4.51. The number of rotatable bonds is 3. The lowest BCUT2D eigenvalue weighted by atomic mass is 10.1. The molecule has 1 aromatic heterocycles. The molecule has 0 aliphatic heterocycles. The second-order valence-corrected chi connectivity index (χ2v) is 5.84. The van der Waals surface area contributed by atoms with Crippen molar-refractivity contribution >= 4 is 28.4 Å². The quantitative estimate of drug-likeness (QED) is 0.777. The third kappa shape index (κ3) is 2.72. The Balaban J connectivity index is 1.83. The van der Waals surface area contributed by atoms with Gasteiger partial charge in [0.2, 0.25) is 0 Å². The van der Waals surface area contributed by atoms with Crippen LogP contribution in [0.25, 0.3) is 10.9 Å². The number of aromatic nitrogens is 1. The van der Waals surface area contributed by atoms with Crippen LogP contribution in [0.5, 0.6) is 0 Å². The minimum absolute atomic E-state index is 0.101. The molecule has 0 unspecified atom stereocenters. The number of amides is 1. The van der Waals surface area contributed by atoms with Gasteiger partial charge in [0, 0.05) is 29.5 Å². The Hall–Kier alpha value is -2.26. The Morgan fingerprint density at radius 1 is 1.18 bits per heavy atom. The zero-order valence-electron chi connectivity index (χ0n) is 12.6. The highest BCUT2D eigenvalue weighted by atomic mass is 35.5. The van der Waals surface area contributed by atoms with Crippen LogP contribution in [0.1, 0.15) is 21.6 Å². The minimum Gasteiger partial charge on any atom is -0.347 e. The van der Waals surface area contributed by atoms with Gasteiger partial charge in [-0.1, -0.05) is 47.5 Å². The molecule has 0 spiro atoms. The van der Waals surface area contributed by atoms with E-state index in [9.17, 15) is 4.79 Å². The molecule has 1 heterocycles. The average Bonchev–Trinajstić information content (AvgIpc) is 2.84. The summed E-state index contributed by atoms with van der Waals surface area (Å²) in [6.07, 6.45) is 0. The van der Waals surface area contributed by atoms with Crippen molar-refractivity contribution in [2.45, 2.75) is 13.5 Å².